The monoisotopic (exact) mass is 324 g/mol. The van der Waals surface area contributed by atoms with Crippen molar-refractivity contribution >= 4 is 29.0 Å². The molecule has 0 atom stereocenters. The SMILES string of the molecule is Cc1cc(C(=O)CCC(=O)C(=O)C(F)(F)F)c(F)cc1Cl. The highest BCUT2D eigenvalue weighted by molar-refractivity contribution is 6.39. The highest BCUT2D eigenvalue weighted by Crippen LogP contribution is 2.22. The van der Waals surface area contributed by atoms with Gasteiger partial charge in [-0.1, -0.05) is 11.6 Å². The number of rotatable bonds is 5. The third-order valence-corrected chi connectivity index (χ3v) is 3.05. The van der Waals surface area contributed by atoms with Crippen LogP contribution in [0.4, 0.5) is 17.6 Å². The van der Waals surface area contributed by atoms with Gasteiger partial charge in [-0.3, -0.25) is 14.4 Å². The van der Waals surface area contributed by atoms with Crippen LogP contribution in [0.5, 0.6) is 0 Å². The number of hydrogen-bond donors (Lipinski definition) is 0. The Morgan fingerprint density at radius 3 is 2.24 bits per heavy atom. The molecule has 0 radical (unpaired) electrons. The van der Waals surface area contributed by atoms with Crippen LogP contribution in [0, 0.1) is 12.7 Å². The summed E-state index contributed by atoms with van der Waals surface area (Å²) in [5, 5.41) is 0.0902. The van der Waals surface area contributed by atoms with Crippen molar-refractivity contribution in [3.05, 3.63) is 34.1 Å². The number of carbonyl (C=O) groups is 3. The summed E-state index contributed by atoms with van der Waals surface area (Å²) < 4.78 is 49.5. The van der Waals surface area contributed by atoms with Crippen LogP contribution in [0.3, 0.4) is 0 Å². The van der Waals surface area contributed by atoms with Crippen molar-refractivity contribution in [2.75, 3.05) is 0 Å². The molecule has 1 rings (SSSR count). The molecule has 3 nitrogen and oxygen atoms in total. The maximum absolute atomic E-state index is 13.5. The first-order valence-corrected chi connectivity index (χ1v) is 6.05. The average Bonchev–Trinajstić information content (AvgIpc) is 2.37. The number of hydrogen-bond acceptors (Lipinski definition) is 3. The molecule has 0 amide bonds. The average molecular weight is 325 g/mol. The Morgan fingerprint density at radius 1 is 1.14 bits per heavy atom. The zero-order chi connectivity index (χ0) is 16.4. The van der Waals surface area contributed by atoms with Crippen molar-refractivity contribution in [1.29, 1.82) is 0 Å². The van der Waals surface area contributed by atoms with Gasteiger partial charge in [-0.15, -0.1) is 0 Å². The fraction of sp³-hybridized carbons (Fsp3) is 0.308. The van der Waals surface area contributed by atoms with E-state index in [1.165, 1.54) is 6.92 Å². The van der Waals surface area contributed by atoms with E-state index < -0.39 is 42.2 Å². The Kier molecular flexibility index (Phi) is 5.22. The van der Waals surface area contributed by atoms with Gasteiger partial charge in [0.15, 0.2) is 5.78 Å². The summed E-state index contributed by atoms with van der Waals surface area (Å²) in [6.45, 7) is 1.51. The molecule has 0 N–H and O–H groups in total. The number of halogens is 5. The van der Waals surface area contributed by atoms with E-state index in [4.69, 9.17) is 11.6 Å². The number of ketones is 3. The van der Waals surface area contributed by atoms with E-state index >= 15 is 0 Å². The lowest BCUT2D eigenvalue weighted by Crippen LogP contribution is -2.31. The summed E-state index contributed by atoms with van der Waals surface area (Å²) in [5.41, 5.74) is 0.0169. The lowest BCUT2D eigenvalue weighted by molar-refractivity contribution is -0.174. The lowest BCUT2D eigenvalue weighted by atomic mass is 10.0. The van der Waals surface area contributed by atoms with Crippen molar-refractivity contribution in [2.45, 2.75) is 25.9 Å². The van der Waals surface area contributed by atoms with Crippen LogP contribution >= 0.6 is 11.6 Å². The molecule has 0 bridgehead atoms. The van der Waals surface area contributed by atoms with Gasteiger partial charge < -0.3 is 0 Å². The quantitative estimate of drug-likeness (QED) is 0.473. The van der Waals surface area contributed by atoms with E-state index in [-0.39, 0.29) is 10.6 Å². The standard InChI is InChI=1S/C13H9ClF4O3/c1-6-4-7(9(15)5-8(6)14)10(19)2-3-11(20)12(21)13(16,17)18/h4-5H,2-3H2,1H3. The first kappa shape index (κ1) is 17.3. The highest BCUT2D eigenvalue weighted by atomic mass is 35.5. The number of aryl methyl sites for hydroxylation is 1. The van der Waals surface area contributed by atoms with E-state index in [2.05, 4.69) is 0 Å². The van der Waals surface area contributed by atoms with E-state index in [0.29, 0.717) is 5.56 Å². The van der Waals surface area contributed by atoms with E-state index in [1.807, 2.05) is 0 Å². The fourth-order valence-electron chi connectivity index (χ4n) is 1.50. The van der Waals surface area contributed by atoms with Gasteiger partial charge in [0, 0.05) is 17.9 Å². The van der Waals surface area contributed by atoms with Crippen LogP contribution in [0.25, 0.3) is 0 Å². The summed E-state index contributed by atoms with van der Waals surface area (Å²) in [6.07, 6.45) is -6.90. The van der Waals surface area contributed by atoms with Gasteiger partial charge in [-0.05, 0) is 24.6 Å². The molecule has 0 saturated heterocycles. The van der Waals surface area contributed by atoms with Crippen LogP contribution in [0.1, 0.15) is 28.8 Å². The molecular formula is C13H9ClF4O3. The number of benzene rings is 1. The Morgan fingerprint density at radius 2 is 1.71 bits per heavy atom. The summed E-state index contributed by atoms with van der Waals surface area (Å²) in [7, 11) is 0. The predicted molar refractivity (Wildman–Crippen MR) is 65.8 cm³/mol. The van der Waals surface area contributed by atoms with E-state index in [1.54, 1.807) is 0 Å². The molecule has 1 aromatic rings. The first-order valence-electron chi connectivity index (χ1n) is 5.67. The Balaban J connectivity index is 2.78. The van der Waals surface area contributed by atoms with Crippen LogP contribution in [0.2, 0.25) is 5.02 Å². The minimum absolute atomic E-state index is 0.0902. The van der Waals surface area contributed by atoms with Gasteiger partial charge in [0.25, 0.3) is 0 Å². The van der Waals surface area contributed by atoms with Gasteiger partial charge >= 0.3 is 12.0 Å². The largest absolute Gasteiger partial charge is 0.458 e. The number of Topliss-reactive ketones (excluding diaryl/α,β-unsaturated/α-hetero) is 3. The molecule has 1 aromatic carbocycles. The maximum atomic E-state index is 13.5. The molecule has 0 saturated carbocycles. The molecular weight excluding hydrogens is 316 g/mol. The summed E-state index contributed by atoms with van der Waals surface area (Å²) >= 11 is 5.63. The second-order valence-corrected chi connectivity index (χ2v) is 4.66. The van der Waals surface area contributed by atoms with Gasteiger partial charge in [-0.2, -0.15) is 13.2 Å². The molecule has 0 aromatic heterocycles. The minimum atomic E-state index is -5.28. The van der Waals surface area contributed by atoms with Crippen LogP contribution in [-0.4, -0.2) is 23.5 Å². The summed E-state index contributed by atoms with van der Waals surface area (Å²) in [6, 6.07) is 2.03. The molecule has 0 heterocycles. The third kappa shape index (κ3) is 4.35. The molecule has 0 aliphatic heterocycles. The molecule has 0 aliphatic carbocycles. The van der Waals surface area contributed by atoms with Crippen LogP contribution in [0.15, 0.2) is 12.1 Å². The van der Waals surface area contributed by atoms with Crippen molar-refractivity contribution in [2.24, 2.45) is 0 Å². The predicted octanol–water partition coefficient (Wildman–Crippen LogP) is 3.45. The smallest absolute Gasteiger partial charge is 0.294 e. The Bertz CT molecular complexity index is 608. The summed E-state index contributed by atoms with van der Waals surface area (Å²) in [4.78, 5) is 33.3. The normalized spacial score (nSPS) is 11.3. The van der Waals surface area contributed by atoms with Crippen LogP contribution < -0.4 is 0 Å². The van der Waals surface area contributed by atoms with Crippen molar-refractivity contribution in [3.8, 4) is 0 Å². The van der Waals surface area contributed by atoms with Crippen molar-refractivity contribution < 1.29 is 31.9 Å². The zero-order valence-corrected chi connectivity index (χ0v) is 11.4. The molecule has 0 fully saturated rings. The van der Waals surface area contributed by atoms with Gasteiger partial charge in [0.2, 0.25) is 5.78 Å². The minimum Gasteiger partial charge on any atom is -0.294 e. The number of alkyl halides is 3. The Hall–Kier alpha value is -1.76. The summed E-state index contributed by atoms with van der Waals surface area (Å²) in [5.74, 6) is -6.08. The van der Waals surface area contributed by atoms with Gasteiger partial charge in [0.05, 0.1) is 5.56 Å². The van der Waals surface area contributed by atoms with Crippen LogP contribution in [-0.2, 0) is 9.59 Å². The van der Waals surface area contributed by atoms with Crippen molar-refractivity contribution in [1.82, 2.24) is 0 Å². The first-order chi connectivity index (χ1) is 9.54. The molecule has 0 spiro atoms. The molecule has 0 unspecified atom stereocenters. The third-order valence-electron chi connectivity index (χ3n) is 2.64. The fourth-order valence-corrected chi connectivity index (χ4v) is 1.65. The second kappa shape index (κ2) is 6.34. The number of carbonyl (C=O) groups excluding carboxylic acids is 3. The van der Waals surface area contributed by atoms with Crippen molar-refractivity contribution in [3.63, 3.8) is 0 Å². The Labute approximate surface area is 121 Å². The van der Waals surface area contributed by atoms with E-state index in [0.717, 1.165) is 12.1 Å². The molecule has 0 aliphatic rings. The molecule has 114 valence electrons. The highest BCUT2D eigenvalue weighted by Gasteiger charge is 2.42. The topological polar surface area (TPSA) is 51.2 Å². The molecule has 21 heavy (non-hydrogen) atoms. The van der Waals surface area contributed by atoms with E-state index in [9.17, 15) is 31.9 Å². The van der Waals surface area contributed by atoms with Gasteiger partial charge in [-0.25, -0.2) is 4.39 Å². The molecule has 8 heteroatoms. The maximum Gasteiger partial charge on any atom is 0.458 e. The zero-order valence-electron chi connectivity index (χ0n) is 10.7. The lowest BCUT2D eigenvalue weighted by Gasteiger charge is -2.06. The van der Waals surface area contributed by atoms with Gasteiger partial charge in [0.1, 0.15) is 5.82 Å². The second-order valence-electron chi connectivity index (χ2n) is 4.25.